The van der Waals surface area contributed by atoms with Crippen LogP contribution >= 0.6 is 0 Å². The van der Waals surface area contributed by atoms with E-state index in [1.807, 2.05) is 37.5 Å². The van der Waals surface area contributed by atoms with Gasteiger partial charge in [0, 0.05) is 44.6 Å². The second-order valence-electron chi connectivity index (χ2n) is 5.40. The molecule has 0 unspecified atom stereocenters. The standard InChI is InChI=1S/C16H21N5/c1-13(17)14-5-7-19-16(12-14)21-10-8-20(9-11-21)15-4-2-3-6-18-15/h2-7,12-13H,8-11,17H2,1H3/t13-/m1/s1. The van der Waals surface area contributed by atoms with E-state index in [1.54, 1.807) is 0 Å². The summed E-state index contributed by atoms with van der Waals surface area (Å²) in [6.45, 7) is 5.82. The lowest BCUT2D eigenvalue weighted by Crippen LogP contribution is -2.47. The first-order valence-electron chi connectivity index (χ1n) is 7.36. The van der Waals surface area contributed by atoms with E-state index < -0.39 is 0 Å². The van der Waals surface area contributed by atoms with Crippen molar-refractivity contribution >= 4 is 11.6 Å². The van der Waals surface area contributed by atoms with Crippen LogP contribution in [0, 0.1) is 0 Å². The Morgan fingerprint density at radius 1 is 0.952 bits per heavy atom. The number of hydrogen-bond acceptors (Lipinski definition) is 5. The number of nitrogens with zero attached hydrogens (tertiary/aromatic N) is 4. The Morgan fingerprint density at radius 3 is 2.24 bits per heavy atom. The summed E-state index contributed by atoms with van der Waals surface area (Å²) in [4.78, 5) is 13.5. The highest BCUT2D eigenvalue weighted by molar-refractivity contribution is 5.46. The molecule has 0 bridgehead atoms. The lowest BCUT2D eigenvalue weighted by molar-refractivity contribution is 0.641. The first-order valence-corrected chi connectivity index (χ1v) is 7.36. The average Bonchev–Trinajstić information content (AvgIpc) is 2.56. The summed E-state index contributed by atoms with van der Waals surface area (Å²) >= 11 is 0. The molecule has 2 aromatic heterocycles. The first kappa shape index (κ1) is 13.8. The van der Waals surface area contributed by atoms with Crippen LogP contribution in [0.1, 0.15) is 18.5 Å². The van der Waals surface area contributed by atoms with Gasteiger partial charge in [-0.2, -0.15) is 0 Å². The van der Waals surface area contributed by atoms with E-state index in [-0.39, 0.29) is 6.04 Å². The molecule has 0 spiro atoms. The van der Waals surface area contributed by atoms with Crippen molar-refractivity contribution in [1.29, 1.82) is 0 Å². The second-order valence-corrected chi connectivity index (χ2v) is 5.40. The smallest absolute Gasteiger partial charge is 0.128 e. The van der Waals surface area contributed by atoms with Crippen molar-refractivity contribution in [2.24, 2.45) is 5.73 Å². The lowest BCUT2D eigenvalue weighted by Gasteiger charge is -2.36. The van der Waals surface area contributed by atoms with Gasteiger partial charge in [-0.05, 0) is 36.8 Å². The van der Waals surface area contributed by atoms with Gasteiger partial charge >= 0.3 is 0 Å². The molecular formula is C16H21N5. The van der Waals surface area contributed by atoms with Gasteiger partial charge in [-0.1, -0.05) is 6.07 Å². The van der Waals surface area contributed by atoms with Crippen LogP contribution < -0.4 is 15.5 Å². The minimum Gasteiger partial charge on any atom is -0.353 e. The summed E-state index contributed by atoms with van der Waals surface area (Å²) in [5.41, 5.74) is 7.08. The molecule has 0 radical (unpaired) electrons. The van der Waals surface area contributed by atoms with Gasteiger partial charge in [0.05, 0.1) is 0 Å². The van der Waals surface area contributed by atoms with E-state index >= 15 is 0 Å². The molecule has 3 heterocycles. The third-order valence-electron chi connectivity index (χ3n) is 3.87. The van der Waals surface area contributed by atoms with Crippen LogP contribution in [0.3, 0.4) is 0 Å². The van der Waals surface area contributed by atoms with Crippen molar-refractivity contribution in [2.45, 2.75) is 13.0 Å². The summed E-state index contributed by atoms with van der Waals surface area (Å²) in [6, 6.07) is 10.2. The van der Waals surface area contributed by atoms with Gasteiger partial charge in [-0.3, -0.25) is 0 Å². The van der Waals surface area contributed by atoms with E-state index in [0.29, 0.717) is 0 Å². The van der Waals surface area contributed by atoms with E-state index in [2.05, 4.69) is 31.9 Å². The van der Waals surface area contributed by atoms with Crippen LogP contribution in [-0.2, 0) is 0 Å². The van der Waals surface area contributed by atoms with E-state index in [0.717, 1.165) is 43.4 Å². The topological polar surface area (TPSA) is 58.3 Å². The summed E-state index contributed by atoms with van der Waals surface area (Å²) in [5, 5.41) is 0. The molecule has 110 valence electrons. The second kappa shape index (κ2) is 6.10. The van der Waals surface area contributed by atoms with Crippen molar-refractivity contribution in [3.8, 4) is 0 Å². The molecule has 3 rings (SSSR count). The predicted molar refractivity (Wildman–Crippen MR) is 85.5 cm³/mol. The quantitative estimate of drug-likeness (QED) is 0.931. The van der Waals surface area contributed by atoms with Gasteiger partial charge in [0.1, 0.15) is 11.6 Å². The third-order valence-corrected chi connectivity index (χ3v) is 3.87. The SMILES string of the molecule is C[C@@H](N)c1ccnc(N2CCN(c3ccccn3)CC2)c1. The molecule has 1 aliphatic rings. The Balaban J connectivity index is 1.67. The van der Waals surface area contributed by atoms with Crippen molar-refractivity contribution in [1.82, 2.24) is 9.97 Å². The molecule has 1 saturated heterocycles. The van der Waals surface area contributed by atoms with Crippen LogP contribution in [-0.4, -0.2) is 36.1 Å². The number of rotatable bonds is 3. The molecule has 21 heavy (non-hydrogen) atoms. The summed E-state index contributed by atoms with van der Waals surface area (Å²) in [7, 11) is 0. The number of nitrogens with two attached hydrogens (primary N) is 1. The molecule has 0 aliphatic carbocycles. The molecule has 1 atom stereocenters. The fraction of sp³-hybridized carbons (Fsp3) is 0.375. The van der Waals surface area contributed by atoms with E-state index in [4.69, 9.17) is 5.73 Å². The largest absolute Gasteiger partial charge is 0.353 e. The number of pyridine rings is 2. The molecule has 1 aliphatic heterocycles. The monoisotopic (exact) mass is 283 g/mol. The molecular weight excluding hydrogens is 262 g/mol. The van der Waals surface area contributed by atoms with Crippen molar-refractivity contribution < 1.29 is 0 Å². The Kier molecular flexibility index (Phi) is 4.01. The Labute approximate surface area is 125 Å². The van der Waals surface area contributed by atoms with Crippen LogP contribution in [0.2, 0.25) is 0 Å². The zero-order valence-corrected chi connectivity index (χ0v) is 12.3. The van der Waals surface area contributed by atoms with Gasteiger partial charge < -0.3 is 15.5 Å². The fourth-order valence-electron chi connectivity index (χ4n) is 2.60. The maximum absolute atomic E-state index is 5.95. The van der Waals surface area contributed by atoms with Crippen LogP contribution in [0.5, 0.6) is 0 Å². The summed E-state index contributed by atoms with van der Waals surface area (Å²) in [5.74, 6) is 2.07. The minimum absolute atomic E-state index is 0.0431. The minimum atomic E-state index is 0.0431. The number of hydrogen-bond donors (Lipinski definition) is 1. The first-order chi connectivity index (χ1) is 10.2. The molecule has 5 heteroatoms. The van der Waals surface area contributed by atoms with E-state index in [9.17, 15) is 0 Å². The van der Waals surface area contributed by atoms with Crippen molar-refractivity contribution in [3.05, 3.63) is 48.3 Å². The van der Waals surface area contributed by atoms with Gasteiger partial charge in [0.15, 0.2) is 0 Å². The molecule has 2 aromatic rings. The molecule has 2 N–H and O–H groups in total. The maximum Gasteiger partial charge on any atom is 0.128 e. The third kappa shape index (κ3) is 3.13. The Morgan fingerprint density at radius 2 is 1.62 bits per heavy atom. The number of piperazine rings is 1. The Hall–Kier alpha value is -2.14. The van der Waals surface area contributed by atoms with Gasteiger partial charge in [0.25, 0.3) is 0 Å². The van der Waals surface area contributed by atoms with Gasteiger partial charge in [-0.25, -0.2) is 9.97 Å². The highest BCUT2D eigenvalue weighted by Gasteiger charge is 2.19. The van der Waals surface area contributed by atoms with Crippen molar-refractivity contribution in [3.63, 3.8) is 0 Å². The normalized spacial score (nSPS) is 16.9. The highest BCUT2D eigenvalue weighted by atomic mass is 15.3. The van der Waals surface area contributed by atoms with E-state index in [1.165, 1.54) is 0 Å². The zero-order valence-electron chi connectivity index (χ0n) is 12.3. The fourth-order valence-corrected chi connectivity index (χ4v) is 2.60. The van der Waals surface area contributed by atoms with Crippen LogP contribution in [0.15, 0.2) is 42.7 Å². The Bertz CT molecular complexity index is 576. The van der Waals surface area contributed by atoms with Crippen LogP contribution in [0.4, 0.5) is 11.6 Å². The summed E-state index contributed by atoms with van der Waals surface area (Å²) < 4.78 is 0. The molecule has 1 fully saturated rings. The number of aromatic nitrogens is 2. The van der Waals surface area contributed by atoms with Gasteiger partial charge in [-0.15, -0.1) is 0 Å². The highest BCUT2D eigenvalue weighted by Crippen LogP contribution is 2.20. The summed E-state index contributed by atoms with van der Waals surface area (Å²) in [6.07, 6.45) is 3.69. The maximum atomic E-state index is 5.95. The van der Waals surface area contributed by atoms with Gasteiger partial charge in [0.2, 0.25) is 0 Å². The molecule has 0 aromatic carbocycles. The molecule has 0 saturated carbocycles. The average molecular weight is 283 g/mol. The van der Waals surface area contributed by atoms with Crippen molar-refractivity contribution in [2.75, 3.05) is 36.0 Å². The zero-order chi connectivity index (χ0) is 14.7. The lowest BCUT2D eigenvalue weighted by atomic mass is 10.1. The molecule has 0 amide bonds. The molecule has 5 nitrogen and oxygen atoms in total. The predicted octanol–water partition coefficient (Wildman–Crippen LogP) is 1.82. The van der Waals surface area contributed by atoms with Crippen LogP contribution in [0.25, 0.3) is 0 Å². The number of anilines is 2.